The molecule has 2 aliphatic heterocycles. The summed E-state index contributed by atoms with van der Waals surface area (Å²) in [6, 6.07) is 33.1. The molecule has 10 unspecified atom stereocenters. The van der Waals surface area contributed by atoms with E-state index in [1.165, 1.54) is 45.2 Å². The van der Waals surface area contributed by atoms with Gasteiger partial charge in [0.15, 0.2) is 0 Å². The van der Waals surface area contributed by atoms with E-state index in [1.807, 2.05) is 126 Å². The quantitative estimate of drug-likeness (QED) is 0.0261. The lowest BCUT2D eigenvalue weighted by molar-refractivity contribution is -0.144. The van der Waals surface area contributed by atoms with Crippen molar-refractivity contribution in [3.63, 3.8) is 0 Å². The van der Waals surface area contributed by atoms with Crippen LogP contribution in [0.15, 0.2) is 133 Å². The SMILES string of the molecule is CNC(C)C(=O)NC(C(=O)N1CC(NC(=O)c2ccc(C(=O)NC3CC(C(=O)NC(COCc4ccc(C(C)(C)C)cc4)c4ccccc4)N(C(=O)C(NC(=O)C(C)NC)C(C)(C)C)C3)cc2)CC1C(=O)NC(COCc1ccc(C(C)(C)C)cc1)c1ccccc1)C(C)(C)C. The number of likely N-dealkylation sites (tertiary alicyclic amines) is 2. The summed E-state index contributed by atoms with van der Waals surface area (Å²) in [5.41, 5.74) is 4.66. The Morgan fingerprint density at radius 2 is 0.771 bits per heavy atom. The second-order valence-corrected chi connectivity index (χ2v) is 29.9. The Morgan fingerprint density at radius 1 is 0.448 bits per heavy atom. The van der Waals surface area contributed by atoms with Crippen molar-refractivity contribution in [3.8, 4) is 0 Å². The zero-order chi connectivity index (χ0) is 70.5. The zero-order valence-corrected chi connectivity index (χ0v) is 59.1. The molecule has 2 saturated heterocycles. The molecule has 2 aliphatic rings. The molecule has 20 nitrogen and oxygen atoms in total. The van der Waals surface area contributed by atoms with Crippen molar-refractivity contribution in [1.29, 1.82) is 0 Å². The van der Waals surface area contributed by atoms with E-state index >= 15 is 0 Å². The fraction of sp³-hybridized carbons (Fsp3) is 0.500. The third-order valence-electron chi connectivity index (χ3n) is 18.1. The van der Waals surface area contributed by atoms with E-state index in [1.54, 1.807) is 27.9 Å². The van der Waals surface area contributed by atoms with Crippen LogP contribution in [0.1, 0.15) is 176 Å². The van der Waals surface area contributed by atoms with E-state index in [2.05, 4.69) is 108 Å². The standard InChI is InChI=1S/C76H104N10O10/c1-47(77-15)65(87)83-63(75(9,10)11)71(93)85-41-57(39-61(85)69(91)81-59(51-23-19-17-20-24-51)45-95-43-49-27-35-55(36-28-49)73(3,4)5)79-67(89)53-31-33-54(34-32-53)68(90)80-58-40-62(86(42-58)72(94)64(76(12,13)14)84-66(88)48(2)78-16)70(92)82-60(52-25-21-18-22-26-52)46-96-44-50-29-37-56(38-30-50)74(6,7)8/h17-38,47-48,57-64,77-78H,39-46H2,1-16H3,(H,79,89)(H,80,90)(H,81,91)(H,82,92)(H,83,87)(H,84,88). The third kappa shape index (κ3) is 20.4. The first-order chi connectivity index (χ1) is 45.2. The van der Waals surface area contributed by atoms with Crippen LogP contribution in [0, 0.1) is 10.8 Å². The van der Waals surface area contributed by atoms with Crippen LogP contribution in [0.3, 0.4) is 0 Å². The molecule has 0 spiro atoms. The summed E-state index contributed by atoms with van der Waals surface area (Å²) in [6.07, 6.45) is 0.0744. The Balaban J connectivity index is 1.08. The van der Waals surface area contributed by atoms with Crippen molar-refractivity contribution in [2.75, 3.05) is 40.4 Å². The number of hydrogen-bond acceptors (Lipinski definition) is 12. The predicted octanol–water partition coefficient (Wildman–Crippen LogP) is 8.11. The summed E-state index contributed by atoms with van der Waals surface area (Å²) >= 11 is 0. The van der Waals surface area contributed by atoms with E-state index < -0.39 is 119 Å². The Bertz CT molecular complexity index is 3220. The van der Waals surface area contributed by atoms with Gasteiger partial charge in [-0.25, -0.2) is 0 Å². The summed E-state index contributed by atoms with van der Waals surface area (Å²) in [5.74, 6) is -3.76. The molecule has 5 aromatic rings. The van der Waals surface area contributed by atoms with Crippen LogP contribution in [0.25, 0.3) is 0 Å². The van der Waals surface area contributed by atoms with Crippen LogP contribution in [0.4, 0.5) is 0 Å². The summed E-state index contributed by atoms with van der Waals surface area (Å²) < 4.78 is 12.6. The van der Waals surface area contributed by atoms with Crippen molar-refractivity contribution in [1.82, 2.24) is 52.3 Å². The monoisotopic (exact) mass is 1320 g/mol. The van der Waals surface area contributed by atoms with Crippen LogP contribution in [0.5, 0.6) is 0 Å². The van der Waals surface area contributed by atoms with Gasteiger partial charge in [-0.15, -0.1) is 0 Å². The largest absolute Gasteiger partial charge is 0.374 e. The number of carbonyl (C=O) groups excluding carboxylic acids is 8. The van der Waals surface area contributed by atoms with Crippen molar-refractivity contribution >= 4 is 47.3 Å². The molecule has 20 heteroatoms. The smallest absolute Gasteiger partial charge is 0.251 e. The van der Waals surface area contributed by atoms with Gasteiger partial charge in [0, 0.05) is 36.3 Å². The fourth-order valence-corrected chi connectivity index (χ4v) is 11.7. The van der Waals surface area contributed by atoms with Crippen LogP contribution >= 0.6 is 0 Å². The van der Waals surface area contributed by atoms with Crippen LogP contribution in [-0.4, -0.2) is 146 Å². The van der Waals surface area contributed by atoms with E-state index in [0.717, 1.165) is 22.3 Å². The molecule has 0 saturated carbocycles. The molecule has 0 aliphatic carbocycles. The van der Waals surface area contributed by atoms with E-state index in [4.69, 9.17) is 9.47 Å². The minimum absolute atomic E-state index is 0.0163. The van der Waals surface area contributed by atoms with Crippen molar-refractivity contribution in [3.05, 3.63) is 178 Å². The minimum Gasteiger partial charge on any atom is -0.374 e. The second-order valence-electron chi connectivity index (χ2n) is 29.9. The number of rotatable bonds is 26. The normalized spacial score (nSPS) is 18.6. The van der Waals surface area contributed by atoms with Gasteiger partial charge in [-0.3, -0.25) is 38.4 Å². The van der Waals surface area contributed by atoms with Gasteiger partial charge in [-0.05, 0) is 120 Å². The highest BCUT2D eigenvalue weighted by Crippen LogP contribution is 2.31. The molecule has 2 fully saturated rings. The lowest BCUT2D eigenvalue weighted by Gasteiger charge is -2.36. The van der Waals surface area contributed by atoms with Crippen LogP contribution in [-0.2, 0) is 62.3 Å². The highest BCUT2D eigenvalue weighted by atomic mass is 16.5. The molecule has 2 heterocycles. The maximum absolute atomic E-state index is 15.0. The number of nitrogens with zero attached hydrogens (tertiary/aromatic N) is 2. The van der Waals surface area contributed by atoms with E-state index in [0.29, 0.717) is 13.2 Å². The Labute approximate surface area is 568 Å². The molecule has 10 atom stereocenters. The molecule has 518 valence electrons. The number of carbonyl (C=O) groups is 8. The molecular weight excluding hydrogens is 1210 g/mol. The zero-order valence-electron chi connectivity index (χ0n) is 59.1. The molecule has 8 amide bonds. The third-order valence-corrected chi connectivity index (χ3v) is 18.1. The highest BCUT2D eigenvalue weighted by Gasteiger charge is 2.48. The summed E-state index contributed by atoms with van der Waals surface area (Å²) in [4.78, 5) is 118. The van der Waals surface area contributed by atoms with Gasteiger partial charge in [0.1, 0.15) is 24.2 Å². The predicted molar refractivity (Wildman–Crippen MR) is 373 cm³/mol. The van der Waals surface area contributed by atoms with Crippen molar-refractivity contribution in [2.45, 2.75) is 194 Å². The lowest BCUT2D eigenvalue weighted by Crippen LogP contribution is -2.59. The van der Waals surface area contributed by atoms with Gasteiger partial charge in [0.05, 0.1) is 50.6 Å². The molecule has 7 rings (SSSR count). The first-order valence-corrected chi connectivity index (χ1v) is 33.5. The molecule has 0 aromatic heterocycles. The number of nitrogens with one attached hydrogen (secondary N) is 8. The molecule has 0 bridgehead atoms. The number of likely N-dealkylation sites (N-methyl/N-ethyl adjacent to an activating group) is 2. The summed E-state index contributed by atoms with van der Waals surface area (Å²) in [7, 11) is 3.29. The maximum atomic E-state index is 15.0. The van der Waals surface area contributed by atoms with Gasteiger partial charge < -0.3 is 61.8 Å². The first kappa shape index (κ1) is 75.1. The molecule has 96 heavy (non-hydrogen) atoms. The molecular formula is C76H104N10O10. The number of benzene rings is 5. The molecule has 0 radical (unpaired) electrons. The molecule has 8 N–H and O–H groups in total. The Kier molecular flexibility index (Phi) is 25.5. The van der Waals surface area contributed by atoms with Crippen LogP contribution in [0.2, 0.25) is 0 Å². The maximum Gasteiger partial charge on any atom is 0.251 e. The fourth-order valence-electron chi connectivity index (χ4n) is 11.7. The highest BCUT2D eigenvalue weighted by molar-refractivity contribution is 5.99. The number of amides is 8. The number of hydrogen-bond donors (Lipinski definition) is 8. The van der Waals surface area contributed by atoms with Gasteiger partial charge >= 0.3 is 0 Å². The Morgan fingerprint density at radius 3 is 1.06 bits per heavy atom. The van der Waals surface area contributed by atoms with Gasteiger partial charge in [0.2, 0.25) is 35.4 Å². The van der Waals surface area contributed by atoms with E-state index in [-0.39, 0.29) is 61.1 Å². The van der Waals surface area contributed by atoms with Gasteiger partial charge in [0.25, 0.3) is 11.8 Å². The lowest BCUT2D eigenvalue weighted by atomic mass is 9.85. The second kappa shape index (κ2) is 32.6. The van der Waals surface area contributed by atoms with Crippen LogP contribution < -0.4 is 42.5 Å². The Hall–Kier alpha value is -8.30. The minimum atomic E-state index is -1.08. The summed E-state index contributed by atoms with van der Waals surface area (Å²) in [5, 5.41) is 24.1. The first-order valence-electron chi connectivity index (χ1n) is 33.5. The summed E-state index contributed by atoms with van der Waals surface area (Å²) in [6.45, 7) is 28.0. The average Bonchev–Trinajstić information content (AvgIpc) is 1.62. The average molecular weight is 1320 g/mol. The van der Waals surface area contributed by atoms with Crippen molar-refractivity contribution in [2.24, 2.45) is 10.8 Å². The van der Waals surface area contributed by atoms with Gasteiger partial charge in [-0.1, -0.05) is 192 Å². The van der Waals surface area contributed by atoms with E-state index in [9.17, 15) is 38.4 Å². The number of ether oxygens (including phenoxy) is 2. The topological polar surface area (TPSA) is 258 Å². The van der Waals surface area contributed by atoms with Crippen molar-refractivity contribution < 1.29 is 47.8 Å². The van der Waals surface area contributed by atoms with Gasteiger partial charge in [-0.2, -0.15) is 0 Å². The molecule has 5 aromatic carbocycles.